The van der Waals surface area contributed by atoms with Crippen LogP contribution in [0.25, 0.3) is 0 Å². The Balaban J connectivity index is 1.66. The highest BCUT2D eigenvalue weighted by molar-refractivity contribution is 5.99. The lowest BCUT2D eigenvalue weighted by molar-refractivity contribution is 0.0853. The first-order chi connectivity index (χ1) is 11.3. The van der Waals surface area contributed by atoms with E-state index < -0.39 is 0 Å². The van der Waals surface area contributed by atoms with E-state index >= 15 is 0 Å². The van der Waals surface area contributed by atoms with Gasteiger partial charge in [-0.25, -0.2) is 0 Å². The second-order valence-electron chi connectivity index (χ2n) is 6.89. The number of benzene rings is 2. The number of carbonyl (C=O) groups is 1. The van der Waals surface area contributed by atoms with Gasteiger partial charge < -0.3 is 4.74 Å². The number of Topliss-reactive ketones (excluding diaryl/α,β-unsaturated/α-hetero) is 1. The predicted molar refractivity (Wildman–Crippen MR) is 90.8 cm³/mol. The van der Waals surface area contributed by atoms with Gasteiger partial charge in [0.05, 0.1) is 7.11 Å². The Morgan fingerprint density at radius 1 is 0.957 bits per heavy atom. The summed E-state index contributed by atoms with van der Waals surface area (Å²) in [6.45, 7) is 0. The minimum Gasteiger partial charge on any atom is -0.497 e. The van der Waals surface area contributed by atoms with Gasteiger partial charge >= 0.3 is 0 Å². The number of ketones is 1. The van der Waals surface area contributed by atoms with Crippen LogP contribution in [-0.4, -0.2) is 12.9 Å². The van der Waals surface area contributed by atoms with E-state index in [9.17, 15) is 4.79 Å². The van der Waals surface area contributed by atoms with E-state index in [1.165, 1.54) is 24.8 Å². The first-order valence-electron chi connectivity index (χ1n) is 8.51. The van der Waals surface area contributed by atoms with Gasteiger partial charge in [-0.2, -0.15) is 0 Å². The van der Waals surface area contributed by atoms with Gasteiger partial charge in [-0.05, 0) is 66.8 Å². The Morgan fingerprint density at radius 3 is 2.35 bits per heavy atom. The topological polar surface area (TPSA) is 26.3 Å². The zero-order valence-electron chi connectivity index (χ0n) is 13.4. The molecule has 4 rings (SSSR count). The van der Waals surface area contributed by atoms with Crippen molar-refractivity contribution in [3.63, 3.8) is 0 Å². The summed E-state index contributed by atoms with van der Waals surface area (Å²) >= 11 is 0. The van der Waals surface area contributed by atoms with Crippen molar-refractivity contribution >= 4 is 5.78 Å². The summed E-state index contributed by atoms with van der Waals surface area (Å²) in [7, 11) is 1.65. The highest BCUT2D eigenvalue weighted by Gasteiger charge is 2.51. The molecule has 0 unspecified atom stereocenters. The molecule has 2 aromatic carbocycles. The van der Waals surface area contributed by atoms with Crippen LogP contribution >= 0.6 is 0 Å². The summed E-state index contributed by atoms with van der Waals surface area (Å²) in [6, 6.07) is 18.2. The summed E-state index contributed by atoms with van der Waals surface area (Å²) in [6.07, 6.45) is 3.70. The number of carbonyl (C=O) groups excluding carboxylic acids is 1. The van der Waals surface area contributed by atoms with E-state index in [2.05, 4.69) is 30.3 Å². The van der Waals surface area contributed by atoms with Gasteiger partial charge in [0.25, 0.3) is 0 Å². The highest BCUT2D eigenvalue weighted by atomic mass is 16.5. The van der Waals surface area contributed by atoms with Gasteiger partial charge in [0, 0.05) is 11.5 Å². The molecule has 2 fully saturated rings. The maximum atomic E-state index is 13.2. The van der Waals surface area contributed by atoms with Crippen LogP contribution < -0.4 is 4.74 Å². The number of methoxy groups -OCH3 is 1. The maximum absolute atomic E-state index is 13.2. The Labute approximate surface area is 137 Å². The van der Waals surface area contributed by atoms with E-state index in [0.29, 0.717) is 23.5 Å². The van der Waals surface area contributed by atoms with Crippen LogP contribution in [0.15, 0.2) is 54.6 Å². The number of ether oxygens (including phenoxy) is 1. The van der Waals surface area contributed by atoms with Crippen LogP contribution in [0.1, 0.15) is 41.1 Å². The van der Waals surface area contributed by atoms with Crippen LogP contribution in [0.4, 0.5) is 0 Å². The molecule has 0 spiro atoms. The van der Waals surface area contributed by atoms with Gasteiger partial charge in [0.2, 0.25) is 0 Å². The smallest absolute Gasteiger partial charge is 0.166 e. The molecule has 2 saturated carbocycles. The molecule has 2 heteroatoms. The molecule has 2 aliphatic rings. The summed E-state index contributed by atoms with van der Waals surface area (Å²) in [4.78, 5) is 13.2. The van der Waals surface area contributed by atoms with Crippen LogP contribution in [0.3, 0.4) is 0 Å². The number of hydrogen-bond acceptors (Lipinski definition) is 2. The molecule has 2 bridgehead atoms. The van der Waals surface area contributed by atoms with Gasteiger partial charge in [-0.3, -0.25) is 4.79 Å². The lowest BCUT2D eigenvalue weighted by Crippen LogP contribution is -2.28. The van der Waals surface area contributed by atoms with Crippen molar-refractivity contribution in [2.24, 2.45) is 17.8 Å². The lowest BCUT2D eigenvalue weighted by Gasteiger charge is -2.30. The third kappa shape index (κ3) is 2.46. The zero-order chi connectivity index (χ0) is 15.8. The summed E-state index contributed by atoms with van der Waals surface area (Å²) < 4.78 is 5.20. The van der Waals surface area contributed by atoms with Crippen LogP contribution in [0.2, 0.25) is 0 Å². The molecule has 0 N–H and O–H groups in total. The normalized spacial score (nSPS) is 28.7. The SMILES string of the molecule is COc1ccc(C(=O)[C@H]2[C@H]3CC[C@H](C3)[C@H]2c2ccccc2)cc1. The second-order valence-corrected chi connectivity index (χ2v) is 6.89. The number of fused-ring (bicyclic) bond motifs is 2. The first kappa shape index (κ1) is 14.5. The fourth-order valence-electron chi connectivity index (χ4n) is 4.77. The Kier molecular flexibility index (Phi) is 3.68. The minimum absolute atomic E-state index is 0.143. The molecule has 4 atom stereocenters. The van der Waals surface area contributed by atoms with Crippen molar-refractivity contribution < 1.29 is 9.53 Å². The Hall–Kier alpha value is -2.09. The van der Waals surface area contributed by atoms with Crippen LogP contribution in [0.5, 0.6) is 5.75 Å². The largest absolute Gasteiger partial charge is 0.497 e. The first-order valence-corrected chi connectivity index (χ1v) is 8.51. The lowest BCUT2D eigenvalue weighted by atomic mass is 9.72. The molecule has 0 heterocycles. The number of hydrogen-bond donors (Lipinski definition) is 0. The Morgan fingerprint density at radius 2 is 1.65 bits per heavy atom. The minimum atomic E-state index is 0.143. The molecule has 2 aromatic rings. The fourth-order valence-corrected chi connectivity index (χ4v) is 4.77. The van der Waals surface area contributed by atoms with Gasteiger partial charge in [0.1, 0.15) is 5.75 Å². The van der Waals surface area contributed by atoms with E-state index in [4.69, 9.17) is 4.74 Å². The molecular formula is C21H22O2. The van der Waals surface area contributed by atoms with Crippen molar-refractivity contribution in [3.8, 4) is 5.75 Å². The zero-order valence-corrected chi connectivity index (χ0v) is 13.4. The van der Waals surface area contributed by atoms with Crippen molar-refractivity contribution in [2.45, 2.75) is 25.2 Å². The van der Waals surface area contributed by atoms with E-state index in [1.54, 1.807) is 7.11 Å². The molecule has 118 valence electrons. The molecule has 2 nitrogen and oxygen atoms in total. The molecule has 0 radical (unpaired) electrons. The molecule has 0 aliphatic heterocycles. The molecule has 0 amide bonds. The van der Waals surface area contributed by atoms with Crippen molar-refractivity contribution in [3.05, 3.63) is 65.7 Å². The van der Waals surface area contributed by atoms with Gasteiger partial charge in [-0.15, -0.1) is 0 Å². The third-order valence-electron chi connectivity index (χ3n) is 5.78. The number of rotatable bonds is 4. The average Bonchev–Trinajstić information content (AvgIpc) is 3.23. The van der Waals surface area contributed by atoms with Crippen molar-refractivity contribution in [2.75, 3.05) is 7.11 Å². The molecule has 0 saturated heterocycles. The molecule has 23 heavy (non-hydrogen) atoms. The summed E-state index contributed by atoms with van der Waals surface area (Å²) in [5, 5.41) is 0. The monoisotopic (exact) mass is 306 g/mol. The average molecular weight is 306 g/mol. The maximum Gasteiger partial charge on any atom is 0.166 e. The molecule has 2 aliphatic carbocycles. The van der Waals surface area contributed by atoms with Crippen molar-refractivity contribution in [1.82, 2.24) is 0 Å². The van der Waals surface area contributed by atoms with Crippen molar-refractivity contribution in [1.29, 1.82) is 0 Å². The molecular weight excluding hydrogens is 284 g/mol. The van der Waals surface area contributed by atoms with E-state index in [1.807, 2.05) is 24.3 Å². The van der Waals surface area contributed by atoms with Crippen LogP contribution in [0, 0.1) is 17.8 Å². The molecule has 0 aromatic heterocycles. The standard InChI is InChI=1S/C21H22O2/c1-23-18-11-9-15(10-12-18)21(22)20-17-8-7-16(13-17)19(20)14-5-3-2-4-6-14/h2-6,9-12,16-17,19-20H,7-8,13H2,1H3/t16-,17+,19-,20+/m1/s1. The quantitative estimate of drug-likeness (QED) is 0.765. The van der Waals surface area contributed by atoms with Crippen LogP contribution in [-0.2, 0) is 0 Å². The fraction of sp³-hybridized carbons (Fsp3) is 0.381. The summed E-state index contributed by atoms with van der Waals surface area (Å²) in [5.41, 5.74) is 2.16. The predicted octanol–water partition coefficient (Wildman–Crippen LogP) is 4.71. The summed E-state index contributed by atoms with van der Waals surface area (Å²) in [5.74, 6) is 2.88. The van der Waals surface area contributed by atoms with E-state index in [0.717, 1.165) is 11.3 Å². The third-order valence-corrected chi connectivity index (χ3v) is 5.78. The van der Waals surface area contributed by atoms with Gasteiger partial charge in [0.15, 0.2) is 5.78 Å². The Bertz CT molecular complexity index is 690. The highest BCUT2D eigenvalue weighted by Crippen LogP contribution is 2.57. The second kappa shape index (κ2) is 5.84. The van der Waals surface area contributed by atoms with E-state index in [-0.39, 0.29) is 5.92 Å². The van der Waals surface area contributed by atoms with Gasteiger partial charge in [-0.1, -0.05) is 30.3 Å².